The molecule has 6 nitrogen and oxygen atoms in total. The second kappa shape index (κ2) is 11.0. The third kappa shape index (κ3) is 6.46. The minimum atomic E-state index is 0.0785. The minimum absolute atomic E-state index is 0.0785. The Bertz CT molecular complexity index is 808. The molecule has 2 heterocycles. The zero-order valence-electron chi connectivity index (χ0n) is 18.4. The Kier molecular flexibility index (Phi) is 8.08. The molecule has 3 rings (SSSR count). The molecule has 0 radical (unpaired) electrons. The summed E-state index contributed by atoms with van der Waals surface area (Å²) in [6, 6.07) is 8.24. The molecule has 0 aliphatic carbocycles. The summed E-state index contributed by atoms with van der Waals surface area (Å²) >= 11 is 0. The first-order valence-corrected chi connectivity index (χ1v) is 10.8. The third-order valence-corrected chi connectivity index (χ3v) is 5.59. The Morgan fingerprint density at radius 2 is 2.10 bits per heavy atom. The second-order valence-corrected chi connectivity index (χ2v) is 8.51. The van der Waals surface area contributed by atoms with Crippen LogP contribution in [0.25, 0.3) is 6.08 Å². The van der Waals surface area contributed by atoms with E-state index in [2.05, 4.69) is 40.8 Å². The fraction of sp³-hybridized carbons (Fsp3) is 0.500. The molecule has 0 spiro atoms. The average molecular weight is 411 g/mol. The number of methoxy groups -OCH3 is 1. The zero-order chi connectivity index (χ0) is 21.3. The van der Waals surface area contributed by atoms with E-state index in [1.165, 1.54) is 5.56 Å². The molecular weight excluding hydrogens is 376 g/mol. The van der Waals surface area contributed by atoms with E-state index in [0.717, 1.165) is 57.0 Å². The number of hydrogen-bond donors (Lipinski definition) is 1. The highest BCUT2D eigenvalue weighted by atomic mass is 16.5. The van der Waals surface area contributed by atoms with Gasteiger partial charge in [-0.25, -0.2) is 4.98 Å². The van der Waals surface area contributed by atoms with Crippen molar-refractivity contribution in [2.75, 3.05) is 33.3 Å². The summed E-state index contributed by atoms with van der Waals surface area (Å²) in [5, 5.41) is 0. The van der Waals surface area contributed by atoms with Crippen molar-refractivity contribution in [1.82, 2.24) is 19.8 Å². The van der Waals surface area contributed by atoms with Gasteiger partial charge in [0.2, 0.25) is 5.91 Å². The number of ether oxygens (including phenoxy) is 1. The number of imidazole rings is 1. The Morgan fingerprint density at radius 1 is 1.33 bits per heavy atom. The van der Waals surface area contributed by atoms with Gasteiger partial charge in [-0.2, -0.15) is 0 Å². The Hall–Kier alpha value is -2.60. The van der Waals surface area contributed by atoms with Gasteiger partial charge in [0.05, 0.1) is 25.3 Å². The number of hydrogen-bond acceptors (Lipinski definition) is 4. The lowest BCUT2D eigenvalue weighted by Gasteiger charge is -2.35. The van der Waals surface area contributed by atoms with Crippen LogP contribution in [0.3, 0.4) is 0 Å². The van der Waals surface area contributed by atoms with Crippen molar-refractivity contribution in [3.63, 3.8) is 0 Å². The molecule has 0 saturated carbocycles. The highest BCUT2D eigenvalue weighted by Gasteiger charge is 2.24. The summed E-state index contributed by atoms with van der Waals surface area (Å²) in [5.41, 5.74) is 2.08. The van der Waals surface area contributed by atoms with Crippen molar-refractivity contribution in [2.24, 2.45) is 11.8 Å². The van der Waals surface area contributed by atoms with Crippen molar-refractivity contribution < 1.29 is 9.53 Å². The number of amides is 1. The molecule has 1 amide bonds. The van der Waals surface area contributed by atoms with E-state index in [9.17, 15) is 4.79 Å². The zero-order valence-corrected chi connectivity index (χ0v) is 18.4. The van der Waals surface area contributed by atoms with Crippen molar-refractivity contribution in [3.05, 3.63) is 54.1 Å². The van der Waals surface area contributed by atoms with E-state index in [1.807, 2.05) is 17.0 Å². The summed E-state index contributed by atoms with van der Waals surface area (Å²) in [6.07, 6.45) is 9.02. The van der Waals surface area contributed by atoms with Gasteiger partial charge in [0.1, 0.15) is 5.75 Å². The molecular formula is C24H34N4O2. The first kappa shape index (κ1) is 22.1. The van der Waals surface area contributed by atoms with Gasteiger partial charge in [0, 0.05) is 31.3 Å². The van der Waals surface area contributed by atoms with Crippen LogP contribution in [-0.4, -0.2) is 59.0 Å². The Balaban J connectivity index is 1.53. The molecule has 1 aromatic heterocycles. The van der Waals surface area contributed by atoms with Gasteiger partial charge in [-0.15, -0.1) is 0 Å². The number of piperidine rings is 1. The monoisotopic (exact) mass is 410 g/mol. The van der Waals surface area contributed by atoms with Crippen LogP contribution < -0.4 is 4.74 Å². The standard InChI is InChI=1S/C24H34N4O2/c1-19(2)15-28(24(29)9-8-22-14-25-18-26-22)16-20-10-12-27(13-11-20)17-21-6-4-5-7-23(21)30-3/h4-9,14,18-20H,10-13,15-17H2,1-3H3,(H,25,26). The maximum atomic E-state index is 12.8. The molecule has 0 bridgehead atoms. The summed E-state index contributed by atoms with van der Waals surface area (Å²) in [5.74, 6) is 2.02. The Labute approximate surface area is 179 Å². The molecule has 6 heteroatoms. The lowest BCUT2D eigenvalue weighted by Crippen LogP contribution is -2.41. The summed E-state index contributed by atoms with van der Waals surface area (Å²) in [7, 11) is 1.73. The van der Waals surface area contributed by atoms with Gasteiger partial charge in [-0.3, -0.25) is 9.69 Å². The van der Waals surface area contributed by atoms with E-state index >= 15 is 0 Å². The molecule has 1 saturated heterocycles. The van der Waals surface area contributed by atoms with Crippen LogP contribution in [-0.2, 0) is 11.3 Å². The fourth-order valence-corrected chi connectivity index (χ4v) is 4.03. The van der Waals surface area contributed by atoms with E-state index in [4.69, 9.17) is 4.74 Å². The molecule has 1 aromatic carbocycles. The fourth-order valence-electron chi connectivity index (χ4n) is 4.03. The van der Waals surface area contributed by atoms with Crippen LogP contribution >= 0.6 is 0 Å². The van der Waals surface area contributed by atoms with Gasteiger partial charge in [0.15, 0.2) is 0 Å². The molecule has 0 unspecified atom stereocenters. The Morgan fingerprint density at radius 3 is 2.77 bits per heavy atom. The first-order valence-electron chi connectivity index (χ1n) is 10.8. The van der Waals surface area contributed by atoms with Crippen LogP contribution in [0.5, 0.6) is 5.75 Å². The van der Waals surface area contributed by atoms with E-state index in [1.54, 1.807) is 31.8 Å². The van der Waals surface area contributed by atoms with Gasteiger partial charge < -0.3 is 14.6 Å². The maximum absolute atomic E-state index is 12.8. The predicted molar refractivity (Wildman–Crippen MR) is 120 cm³/mol. The highest BCUT2D eigenvalue weighted by Crippen LogP contribution is 2.24. The summed E-state index contributed by atoms with van der Waals surface area (Å²) in [4.78, 5) is 24.3. The van der Waals surface area contributed by atoms with E-state index in [-0.39, 0.29) is 5.91 Å². The van der Waals surface area contributed by atoms with Gasteiger partial charge in [0.25, 0.3) is 0 Å². The van der Waals surface area contributed by atoms with Gasteiger partial charge in [-0.1, -0.05) is 32.0 Å². The smallest absolute Gasteiger partial charge is 0.246 e. The average Bonchev–Trinajstić information content (AvgIpc) is 3.26. The predicted octanol–water partition coefficient (Wildman–Crippen LogP) is 3.83. The SMILES string of the molecule is COc1ccccc1CN1CCC(CN(CC(C)C)C(=O)C=Cc2cnc[nH]2)CC1. The number of aromatic nitrogens is 2. The molecule has 162 valence electrons. The first-order chi connectivity index (χ1) is 14.5. The number of para-hydroxylation sites is 1. The van der Waals surface area contributed by atoms with Gasteiger partial charge in [-0.05, 0) is 49.9 Å². The number of nitrogens with one attached hydrogen (secondary N) is 1. The van der Waals surface area contributed by atoms with E-state index in [0.29, 0.717) is 11.8 Å². The maximum Gasteiger partial charge on any atom is 0.246 e. The molecule has 30 heavy (non-hydrogen) atoms. The largest absolute Gasteiger partial charge is 0.496 e. The molecule has 1 fully saturated rings. The number of carbonyl (C=O) groups is 1. The summed E-state index contributed by atoms with van der Waals surface area (Å²) < 4.78 is 5.49. The van der Waals surface area contributed by atoms with Crippen LogP contribution in [0.2, 0.25) is 0 Å². The number of H-pyrrole nitrogens is 1. The van der Waals surface area contributed by atoms with Crippen LogP contribution in [0, 0.1) is 11.8 Å². The third-order valence-electron chi connectivity index (χ3n) is 5.59. The van der Waals surface area contributed by atoms with Crippen molar-refractivity contribution in [3.8, 4) is 5.75 Å². The number of likely N-dealkylation sites (tertiary alicyclic amines) is 1. The van der Waals surface area contributed by atoms with Crippen molar-refractivity contribution in [1.29, 1.82) is 0 Å². The summed E-state index contributed by atoms with van der Waals surface area (Å²) in [6.45, 7) is 8.95. The topological polar surface area (TPSA) is 61.5 Å². The molecule has 2 aromatic rings. The van der Waals surface area contributed by atoms with E-state index < -0.39 is 0 Å². The number of aromatic amines is 1. The van der Waals surface area contributed by atoms with Crippen LogP contribution in [0.4, 0.5) is 0 Å². The number of benzene rings is 1. The number of nitrogens with zero attached hydrogens (tertiary/aromatic N) is 3. The van der Waals surface area contributed by atoms with Crippen molar-refractivity contribution >= 4 is 12.0 Å². The molecule has 0 atom stereocenters. The van der Waals surface area contributed by atoms with Crippen LogP contribution in [0.15, 0.2) is 42.9 Å². The lowest BCUT2D eigenvalue weighted by atomic mass is 9.95. The van der Waals surface area contributed by atoms with Crippen LogP contribution in [0.1, 0.15) is 37.9 Å². The molecule has 1 N–H and O–H groups in total. The quantitative estimate of drug-likeness (QED) is 0.638. The second-order valence-electron chi connectivity index (χ2n) is 8.51. The van der Waals surface area contributed by atoms with Gasteiger partial charge >= 0.3 is 0 Å². The normalized spacial score (nSPS) is 15.7. The number of rotatable bonds is 9. The minimum Gasteiger partial charge on any atom is -0.496 e. The molecule has 1 aliphatic heterocycles. The highest BCUT2D eigenvalue weighted by molar-refractivity contribution is 5.91. The lowest BCUT2D eigenvalue weighted by molar-refractivity contribution is -0.127. The number of carbonyl (C=O) groups excluding carboxylic acids is 1. The molecule has 1 aliphatic rings. The van der Waals surface area contributed by atoms with Crippen molar-refractivity contribution in [2.45, 2.75) is 33.2 Å².